The third-order valence-corrected chi connectivity index (χ3v) is 6.72. The van der Waals surface area contributed by atoms with Crippen LogP contribution in [0.25, 0.3) is 32.9 Å². The number of halogens is 3. The van der Waals surface area contributed by atoms with Crippen LogP contribution in [0.3, 0.4) is 0 Å². The average Bonchev–Trinajstić information content (AvgIpc) is 3.08. The number of aromatic nitrogens is 1. The van der Waals surface area contributed by atoms with Gasteiger partial charge in [0.05, 0.1) is 11.0 Å². The molecule has 0 bridgehead atoms. The number of nitrogens with two attached hydrogens (primary N) is 1. The molecule has 2 N–H and O–H groups in total. The van der Waals surface area contributed by atoms with Crippen molar-refractivity contribution >= 4 is 66.8 Å². The Morgan fingerprint density at radius 2 is 1.66 bits per heavy atom. The van der Waals surface area contributed by atoms with Crippen LogP contribution >= 0.6 is 39.1 Å². The lowest BCUT2D eigenvalue weighted by Gasteiger charge is -2.11. The summed E-state index contributed by atoms with van der Waals surface area (Å²) in [4.78, 5) is 12.2. The SMILES string of the molecule is NC(=O)c1cccc2c1c1[c]cc(-c3c(Cl)cccc3Cl)cc1n2Cc1ccc(Br)cc1. The Morgan fingerprint density at radius 3 is 2.34 bits per heavy atom. The number of hydrogen-bond donors (Lipinski definition) is 1. The molecule has 0 saturated heterocycles. The summed E-state index contributed by atoms with van der Waals surface area (Å²) in [5.74, 6) is -0.468. The quantitative estimate of drug-likeness (QED) is 0.261. The molecule has 1 aromatic heterocycles. The molecule has 157 valence electrons. The minimum absolute atomic E-state index is 0.468. The second-order valence-electron chi connectivity index (χ2n) is 7.52. The van der Waals surface area contributed by atoms with Gasteiger partial charge in [0.15, 0.2) is 0 Å². The van der Waals surface area contributed by atoms with Gasteiger partial charge in [-0.15, -0.1) is 0 Å². The smallest absolute Gasteiger partial charge is 0.249 e. The van der Waals surface area contributed by atoms with Gasteiger partial charge in [-0.2, -0.15) is 0 Å². The first-order valence-electron chi connectivity index (χ1n) is 9.89. The van der Waals surface area contributed by atoms with E-state index in [0.717, 1.165) is 43.0 Å². The Kier molecular flexibility index (Phi) is 5.46. The van der Waals surface area contributed by atoms with E-state index in [2.05, 4.69) is 38.7 Å². The van der Waals surface area contributed by atoms with Crippen molar-refractivity contribution in [2.75, 3.05) is 0 Å². The Bertz CT molecular complexity index is 1490. The van der Waals surface area contributed by atoms with Crippen molar-refractivity contribution in [3.63, 3.8) is 0 Å². The number of carbonyl (C=O) groups excluding carboxylic acids is 1. The van der Waals surface area contributed by atoms with Crippen LogP contribution in [0.5, 0.6) is 0 Å². The van der Waals surface area contributed by atoms with Crippen LogP contribution in [0, 0.1) is 6.07 Å². The molecule has 5 rings (SSSR count). The summed E-state index contributed by atoms with van der Waals surface area (Å²) in [6.45, 7) is 0.614. The van der Waals surface area contributed by atoms with E-state index >= 15 is 0 Å². The summed E-state index contributed by atoms with van der Waals surface area (Å²) in [6, 6.07) is 26.5. The van der Waals surface area contributed by atoms with Gasteiger partial charge in [-0.25, -0.2) is 0 Å². The third kappa shape index (κ3) is 3.58. The molecule has 0 aliphatic carbocycles. The topological polar surface area (TPSA) is 48.0 Å². The molecule has 1 heterocycles. The van der Waals surface area contributed by atoms with Gasteiger partial charge in [-0.3, -0.25) is 4.79 Å². The van der Waals surface area contributed by atoms with Crippen molar-refractivity contribution in [1.82, 2.24) is 4.57 Å². The molecule has 0 fully saturated rings. The van der Waals surface area contributed by atoms with Crippen molar-refractivity contribution in [2.45, 2.75) is 6.54 Å². The lowest BCUT2D eigenvalue weighted by molar-refractivity contribution is 0.100. The minimum Gasteiger partial charge on any atom is -0.366 e. The lowest BCUT2D eigenvalue weighted by Crippen LogP contribution is -2.11. The Labute approximate surface area is 203 Å². The standard InChI is InChI=1S/C26H16BrCl2N2O/c27-17-10-7-15(8-11-17)14-31-22-6-1-3-19(26(30)32)25(22)18-12-9-16(13-23(18)31)24-20(28)4-2-5-21(24)29/h1-11,13H,14H2,(H2,30,32). The van der Waals surface area contributed by atoms with Crippen LogP contribution in [-0.4, -0.2) is 10.5 Å². The maximum Gasteiger partial charge on any atom is 0.249 e. The van der Waals surface area contributed by atoms with Gasteiger partial charge in [0, 0.05) is 43.0 Å². The maximum atomic E-state index is 12.2. The zero-order chi connectivity index (χ0) is 22.4. The number of amides is 1. The highest BCUT2D eigenvalue weighted by Crippen LogP contribution is 2.39. The van der Waals surface area contributed by atoms with Gasteiger partial charge in [-0.05, 0) is 65.7 Å². The molecule has 3 nitrogen and oxygen atoms in total. The van der Waals surface area contributed by atoms with Crippen LogP contribution in [0.4, 0.5) is 0 Å². The van der Waals surface area contributed by atoms with E-state index in [1.807, 2.05) is 54.6 Å². The van der Waals surface area contributed by atoms with E-state index in [-0.39, 0.29) is 0 Å². The predicted molar refractivity (Wildman–Crippen MR) is 135 cm³/mol. The molecule has 5 aromatic rings. The van der Waals surface area contributed by atoms with Crippen LogP contribution in [-0.2, 0) is 6.54 Å². The molecule has 0 aliphatic heterocycles. The Morgan fingerprint density at radius 1 is 0.969 bits per heavy atom. The van der Waals surface area contributed by atoms with Crippen LogP contribution in [0.2, 0.25) is 10.0 Å². The fourth-order valence-electron chi connectivity index (χ4n) is 4.12. The predicted octanol–water partition coefficient (Wildman–Crippen LogP) is 7.48. The molecule has 1 amide bonds. The van der Waals surface area contributed by atoms with Gasteiger partial charge < -0.3 is 10.3 Å². The number of fused-ring (bicyclic) bond motifs is 3. The largest absolute Gasteiger partial charge is 0.366 e. The molecule has 1 radical (unpaired) electrons. The first kappa shape index (κ1) is 21.1. The molecule has 0 spiro atoms. The molecule has 32 heavy (non-hydrogen) atoms. The third-order valence-electron chi connectivity index (χ3n) is 5.57. The van der Waals surface area contributed by atoms with Crippen LogP contribution in [0.15, 0.2) is 77.3 Å². The summed E-state index contributed by atoms with van der Waals surface area (Å²) in [5, 5.41) is 2.76. The monoisotopic (exact) mass is 521 g/mol. The van der Waals surface area contributed by atoms with E-state index < -0.39 is 5.91 Å². The molecule has 0 aliphatic rings. The lowest BCUT2D eigenvalue weighted by atomic mass is 10.0. The van der Waals surface area contributed by atoms with Crippen molar-refractivity contribution in [3.05, 3.63) is 105 Å². The van der Waals surface area contributed by atoms with E-state index in [1.54, 1.807) is 6.07 Å². The number of benzene rings is 4. The molecule has 6 heteroatoms. The number of carbonyl (C=O) groups is 1. The number of rotatable bonds is 4. The zero-order valence-electron chi connectivity index (χ0n) is 16.7. The normalized spacial score (nSPS) is 11.3. The second kappa shape index (κ2) is 8.28. The van der Waals surface area contributed by atoms with Gasteiger partial charge in [-0.1, -0.05) is 63.4 Å². The summed E-state index contributed by atoms with van der Waals surface area (Å²) < 4.78 is 3.19. The molecule has 0 unspecified atom stereocenters. The summed E-state index contributed by atoms with van der Waals surface area (Å²) in [6.07, 6.45) is 0. The average molecular weight is 523 g/mol. The molecular weight excluding hydrogens is 507 g/mol. The van der Waals surface area contributed by atoms with Gasteiger partial charge in [0.25, 0.3) is 0 Å². The molecule has 0 atom stereocenters. The second-order valence-corrected chi connectivity index (χ2v) is 9.25. The van der Waals surface area contributed by atoms with Crippen molar-refractivity contribution in [1.29, 1.82) is 0 Å². The first-order valence-corrected chi connectivity index (χ1v) is 11.4. The van der Waals surface area contributed by atoms with Crippen LogP contribution < -0.4 is 5.73 Å². The van der Waals surface area contributed by atoms with Crippen LogP contribution in [0.1, 0.15) is 15.9 Å². The Balaban J connectivity index is 1.82. The minimum atomic E-state index is -0.468. The van der Waals surface area contributed by atoms with Crippen molar-refractivity contribution in [3.8, 4) is 11.1 Å². The number of primary amides is 1. The highest BCUT2D eigenvalue weighted by molar-refractivity contribution is 9.10. The first-order chi connectivity index (χ1) is 15.4. The molecular formula is C26H16BrCl2N2O. The number of hydrogen-bond acceptors (Lipinski definition) is 1. The van der Waals surface area contributed by atoms with E-state index in [9.17, 15) is 4.79 Å². The van der Waals surface area contributed by atoms with Crippen molar-refractivity contribution < 1.29 is 4.79 Å². The van der Waals surface area contributed by atoms with E-state index in [1.165, 1.54) is 0 Å². The van der Waals surface area contributed by atoms with Gasteiger partial charge in [0.1, 0.15) is 0 Å². The Hall–Kier alpha value is -2.79. The zero-order valence-corrected chi connectivity index (χ0v) is 19.8. The number of nitrogens with zero attached hydrogens (tertiary/aromatic N) is 1. The summed E-state index contributed by atoms with van der Waals surface area (Å²) >= 11 is 16.4. The maximum absolute atomic E-state index is 12.2. The van der Waals surface area contributed by atoms with Gasteiger partial charge in [0.2, 0.25) is 5.91 Å². The van der Waals surface area contributed by atoms with Gasteiger partial charge >= 0.3 is 0 Å². The molecule has 0 saturated carbocycles. The summed E-state index contributed by atoms with van der Waals surface area (Å²) in [7, 11) is 0. The fraction of sp³-hybridized carbons (Fsp3) is 0.0385. The summed E-state index contributed by atoms with van der Waals surface area (Å²) in [5.41, 5.74) is 10.8. The highest BCUT2D eigenvalue weighted by Gasteiger charge is 2.18. The fourth-order valence-corrected chi connectivity index (χ4v) is 5.00. The van der Waals surface area contributed by atoms with E-state index in [0.29, 0.717) is 22.2 Å². The molecule has 4 aromatic carbocycles. The van der Waals surface area contributed by atoms with Crippen molar-refractivity contribution in [2.24, 2.45) is 5.73 Å². The highest BCUT2D eigenvalue weighted by atomic mass is 79.9. The van der Waals surface area contributed by atoms with E-state index in [4.69, 9.17) is 28.9 Å².